The van der Waals surface area contributed by atoms with Crippen LogP contribution < -0.4 is 5.32 Å². The molecule has 3 rings (SSSR count). The predicted molar refractivity (Wildman–Crippen MR) is 88.8 cm³/mol. The van der Waals surface area contributed by atoms with Gasteiger partial charge in [-0.1, -0.05) is 29.8 Å². The number of ether oxygens (including phenoxy) is 1. The molecule has 1 amide bonds. The summed E-state index contributed by atoms with van der Waals surface area (Å²) in [6.45, 7) is 0.00854. The van der Waals surface area contributed by atoms with Crippen LogP contribution in [0, 0.1) is 0 Å². The summed E-state index contributed by atoms with van der Waals surface area (Å²) in [4.78, 5) is 16.0. The number of oxazole rings is 1. The van der Waals surface area contributed by atoms with Gasteiger partial charge in [-0.15, -0.1) is 0 Å². The van der Waals surface area contributed by atoms with Crippen LogP contribution in [0.15, 0.2) is 46.9 Å². The molecule has 23 heavy (non-hydrogen) atoms. The topological polar surface area (TPSA) is 64.4 Å². The van der Waals surface area contributed by atoms with Crippen molar-refractivity contribution in [1.82, 2.24) is 4.98 Å². The molecule has 0 atom stereocenters. The molecule has 2 aromatic carbocycles. The van der Waals surface area contributed by atoms with Gasteiger partial charge < -0.3 is 14.5 Å². The van der Waals surface area contributed by atoms with E-state index in [1.165, 1.54) is 7.11 Å². The van der Waals surface area contributed by atoms with Crippen molar-refractivity contribution in [2.45, 2.75) is 6.42 Å². The van der Waals surface area contributed by atoms with Gasteiger partial charge in [-0.3, -0.25) is 4.79 Å². The Balaban J connectivity index is 1.82. The Morgan fingerprint density at radius 1 is 1.30 bits per heavy atom. The molecule has 0 saturated heterocycles. The van der Waals surface area contributed by atoms with E-state index in [-0.39, 0.29) is 12.5 Å². The lowest BCUT2D eigenvalue weighted by Gasteiger charge is -2.03. The van der Waals surface area contributed by atoms with Gasteiger partial charge in [0.05, 0.1) is 6.42 Å². The van der Waals surface area contributed by atoms with E-state index in [0.717, 1.165) is 5.56 Å². The number of fused-ring (bicyclic) bond motifs is 1. The summed E-state index contributed by atoms with van der Waals surface area (Å²) in [5.41, 5.74) is 2.95. The van der Waals surface area contributed by atoms with Crippen LogP contribution in [-0.4, -0.2) is 24.6 Å². The molecule has 0 spiro atoms. The van der Waals surface area contributed by atoms with E-state index in [1.807, 2.05) is 24.3 Å². The number of hydrogen-bond acceptors (Lipinski definition) is 4. The molecule has 1 N–H and O–H groups in total. The quantitative estimate of drug-likeness (QED) is 0.775. The van der Waals surface area contributed by atoms with Crippen LogP contribution in [0.4, 0.5) is 5.69 Å². The molecule has 0 bridgehead atoms. The van der Waals surface area contributed by atoms with Crippen molar-refractivity contribution >= 4 is 34.3 Å². The maximum absolute atomic E-state index is 11.5. The van der Waals surface area contributed by atoms with Crippen molar-refractivity contribution in [3.05, 3.63) is 58.9 Å². The van der Waals surface area contributed by atoms with E-state index in [1.54, 1.807) is 18.2 Å². The lowest BCUT2D eigenvalue weighted by atomic mass is 10.1. The van der Waals surface area contributed by atoms with Crippen molar-refractivity contribution in [3.8, 4) is 0 Å². The number of nitrogens with one attached hydrogen (secondary N) is 1. The molecule has 0 radical (unpaired) electrons. The summed E-state index contributed by atoms with van der Waals surface area (Å²) in [6, 6.07) is 12.9. The Morgan fingerprint density at radius 2 is 2.13 bits per heavy atom. The fraction of sp³-hybridized carbons (Fsp3) is 0.176. The van der Waals surface area contributed by atoms with Crippen LogP contribution in [0.25, 0.3) is 11.1 Å². The van der Waals surface area contributed by atoms with Crippen molar-refractivity contribution in [2.75, 3.05) is 19.0 Å². The molecule has 118 valence electrons. The van der Waals surface area contributed by atoms with E-state index in [0.29, 0.717) is 34.1 Å². The highest BCUT2D eigenvalue weighted by Crippen LogP contribution is 2.23. The first kappa shape index (κ1) is 15.5. The number of benzene rings is 2. The Labute approximate surface area is 138 Å². The first-order valence-electron chi connectivity index (χ1n) is 7.07. The summed E-state index contributed by atoms with van der Waals surface area (Å²) >= 11 is 6.16. The Kier molecular flexibility index (Phi) is 4.60. The monoisotopic (exact) mass is 330 g/mol. The third-order valence-electron chi connectivity index (χ3n) is 3.29. The van der Waals surface area contributed by atoms with E-state index >= 15 is 0 Å². The number of methoxy groups -OCH3 is 1. The second-order valence-electron chi connectivity index (χ2n) is 5.04. The van der Waals surface area contributed by atoms with E-state index in [9.17, 15) is 4.79 Å². The van der Waals surface area contributed by atoms with Gasteiger partial charge in [0, 0.05) is 17.8 Å². The van der Waals surface area contributed by atoms with Crippen LogP contribution >= 0.6 is 11.6 Å². The number of aromatic nitrogens is 1. The molecule has 1 aromatic heterocycles. The minimum absolute atomic E-state index is 0.00854. The van der Waals surface area contributed by atoms with E-state index in [2.05, 4.69) is 10.3 Å². The standard InChI is InChI=1S/C17H15ClN2O3/c1-22-10-16(21)19-12-6-7-15-14(9-12)20-17(23-15)8-11-4-2-3-5-13(11)18/h2-7,9H,8,10H2,1H3,(H,19,21). The summed E-state index contributed by atoms with van der Waals surface area (Å²) in [5.74, 6) is 0.361. The minimum atomic E-state index is -0.216. The van der Waals surface area contributed by atoms with Crippen LogP contribution in [0.2, 0.25) is 5.02 Å². The molecule has 0 aliphatic carbocycles. The normalized spacial score (nSPS) is 10.9. The lowest BCUT2D eigenvalue weighted by molar-refractivity contribution is -0.119. The van der Waals surface area contributed by atoms with Gasteiger partial charge in [-0.2, -0.15) is 0 Å². The molecule has 6 heteroatoms. The fourth-order valence-electron chi connectivity index (χ4n) is 2.26. The SMILES string of the molecule is COCC(=O)Nc1ccc2oc(Cc3ccccc3Cl)nc2c1. The fourth-order valence-corrected chi connectivity index (χ4v) is 2.46. The molecule has 0 fully saturated rings. The number of carbonyl (C=O) groups excluding carboxylic acids is 1. The molecule has 0 saturated carbocycles. The number of amides is 1. The van der Waals surface area contributed by atoms with Crippen molar-refractivity contribution in [2.24, 2.45) is 0 Å². The molecule has 0 aliphatic heterocycles. The van der Waals surface area contributed by atoms with Gasteiger partial charge in [0.2, 0.25) is 5.91 Å². The molecule has 0 unspecified atom stereocenters. The number of rotatable bonds is 5. The molecular weight excluding hydrogens is 316 g/mol. The second-order valence-corrected chi connectivity index (χ2v) is 5.45. The summed E-state index contributed by atoms with van der Waals surface area (Å²) in [7, 11) is 1.47. The average Bonchev–Trinajstić information content (AvgIpc) is 2.91. The molecule has 1 heterocycles. The maximum Gasteiger partial charge on any atom is 0.250 e. The third kappa shape index (κ3) is 3.70. The largest absolute Gasteiger partial charge is 0.440 e. The maximum atomic E-state index is 11.5. The van der Waals surface area contributed by atoms with Crippen molar-refractivity contribution < 1.29 is 13.9 Å². The Bertz CT molecular complexity index is 845. The van der Waals surface area contributed by atoms with Gasteiger partial charge in [0.25, 0.3) is 0 Å². The first-order chi connectivity index (χ1) is 11.2. The van der Waals surface area contributed by atoms with Gasteiger partial charge in [0.1, 0.15) is 12.1 Å². The van der Waals surface area contributed by atoms with Crippen LogP contribution in [0.5, 0.6) is 0 Å². The number of hydrogen-bond donors (Lipinski definition) is 1. The zero-order valence-corrected chi connectivity index (χ0v) is 13.3. The predicted octanol–water partition coefficient (Wildman–Crippen LogP) is 3.66. The second kappa shape index (κ2) is 6.81. The van der Waals surface area contributed by atoms with Crippen molar-refractivity contribution in [3.63, 3.8) is 0 Å². The van der Waals surface area contributed by atoms with Crippen molar-refractivity contribution in [1.29, 1.82) is 0 Å². The van der Waals surface area contributed by atoms with Gasteiger partial charge in [0.15, 0.2) is 11.5 Å². The van der Waals surface area contributed by atoms with Crippen LogP contribution in [-0.2, 0) is 16.0 Å². The highest BCUT2D eigenvalue weighted by molar-refractivity contribution is 6.31. The Hall–Kier alpha value is -2.37. The first-order valence-corrected chi connectivity index (χ1v) is 7.45. The van der Waals surface area contributed by atoms with Gasteiger partial charge in [-0.25, -0.2) is 4.98 Å². The number of halogens is 1. The Morgan fingerprint density at radius 3 is 2.91 bits per heavy atom. The highest BCUT2D eigenvalue weighted by atomic mass is 35.5. The van der Waals surface area contributed by atoms with E-state index < -0.39 is 0 Å². The smallest absolute Gasteiger partial charge is 0.250 e. The molecular formula is C17H15ClN2O3. The number of anilines is 1. The lowest BCUT2D eigenvalue weighted by Crippen LogP contribution is -2.16. The third-order valence-corrected chi connectivity index (χ3v) is 3.66. The molecule has 3 aromatic rings. The molecule has 0 aliphatic rings. The zero-order valence-electron chi connectivity index (χ0n) is 12.5. The average molecular weight is 331 g/mol. The summed E-state index contributed by atoms with van der Waals surface area (Å²) in [5, 5.41) is 3.42. The van der Waals surface area contributed by atoms with Gasteiger partial charge >= 0.3 is 0 Å². The van der Waals surface area contributed by atoms with Gasteiger partial charge in [-0.05, 0) is 29.8 Å². The minimum Gasteiger partial charge on any atom is -0.440 e. The number of carbonyl (C=O) groups is 1. The summed E-state index contributed by atoms with van der Waals surface area (Å²) in [6.07, 6.45) is 0.514. The zero-order chi connectivity index (χ0) is 16.2. The highest BCUT2D eigenvalue weighted by Gasteiger charge is 2.10. The summed E-state index contributed by atoms with van der Waals surface area (Å²) < 4.78 is 10.5. The number of nitrogens with zero attached hydrogens (tertiary/aromatic N) is 1. The van der Waals surface area contributed by atoms with Crippen LogP contribution in [0.3, 0.4) is 0 Å². The van der Waals surface area contributed by atoms with E-state index in [4.69, 9.17) is 20.8 Å². The van der Waals surface area contributed by atoms with Crippen LogP contribution in [0.1, 0.15) is 11.5 Å². The molecule has 5 nitrogen and oxygen atoms in total.